The van der Waals surface area contributed by atoms with Crippen LogP contribution in [0.2, 0.25) is 5.02 Å². The summed E-state index contributed by atoms with van der Waals surface area (Å²) in [5.41, 5.74) is 0.309. The van der Waals surface area contributed by atoms with Crippen molar-refractivity contribution in [2.24, 2.45) is 7.05 Å². The van der Waals surface area contributed by atoms with E-state index in [4.69, 9.17) is 16.3 Å². The van der Waals surface area contributed by atoms with E-state index in [1.165, 1.54) is 13.2 Å². The predicted octanol–water partition coefficient (Wildman–Crippen LogP) is 3.91. The Bertz CT molecular complexity index is 943. The van der Waals surface area contributed by atoms with Gasteiger partial charge >= 0.3 is 5.97 Å². The Morgan fingerprint density at radius 3 is 2.56 bits per heavy atom. The number of hydrogen-bond donors (Lipinski definition) is 1. The zero-order chi connectivity index (χ0) is 18.0. The molecule has 4 nitrogen and oxygen atoms in total. The van der Waals surface area contributed by atoms with Crippen molar-refractivity contribution in [3.8, 4) is 0 Å². The minimum absolute atomic E-state index is 0.475. The first-order valence-electron chi connectivity index (χ1n) is 7.76. The highest BCUT2D eigenvalue weighted by atomic mass is 35.5. The predicted molar refractivity (Wildman–Crippen MR) is 99.3 cm³/mol. The summed E-state index contributed by atoms with van der Waals surface area (Å²) in [5.74, 6) is -0.742. The lowest BCUT2D eigenvalue weighted by Crippen LogP contribution is -2.34. The van der Waals surface area contributed by atoms with Crippen molar-refractivity contribution in [3.05, 3.63) is 77.0 Å². The first-order valence-corrected chi connectivity index (χ1v) is 8.13. The van der Waals surface area contributed by atoms with Crippen LogP contribution in [-0.4, -0.2) is 22.8 Å². The SMILES string of the molecule is COC(=O)[C@](O)(/C=C/c1ccc(Cl)cc1)c1cn(C)c2ccccc12. The lowest BCUT2D eigenvalue weighted by Gasteiger charge is -2.21. The maximum absolute atomic E-state index is 12.4. The van der Waals surface area contributed by atoms with Crippen LogP contribution in [0.4, 0.5) is 0 Å². The summed E-state index contributed by atoms with van der Waals surface area (Å²) in [4.78, 5) is 12.4. The van der Waals surface area contributed by atoms with Crippen LogP contribution >= 0.6 is 11.6 Å². The number of aliphatic hydroxyl groups is 1. The third kappa shape index (κ3) is 3.18. The van der Waals surface area contributed by atoms with Crippen molar-refractivity contribution < 1.29 is 14.6 Å². The van der Waals surface area contributed by atoms with Gasteiger partial charge < -0.3 is 14.4 Å². The third-order valence-electron chi connectivity index (χ3n) is 4.19. The van der Waals surface area contributed by atoms with Crippen molar-refractivity contribution in [1.29, 1.82) is 0 Å². The monoisotopic (exact) mass is 355 g/mol. The molecule has 2 aromatic carbocycles. The van der Waals surface area contributed by atoms with E-state index in [-0.39, 0.29) is 0 Å². The van der Waals surface area contributed by atoms with Crippen molar-refractivity contribution in [1.82, 2.24) is 4.57 Å². The zero-order valence-electron chi connectivity index (χ0n) is 13.9. The average Bonchev–Trinajstić information content (AvgIpc) is 2.98. The van der Waals surface area contributed by atoms with Gasteiger partial charge in [-0.25, -0.2) is 4.79 Å². The summed E-state index contributed by atoms with van der Waals surface area (Å²) < 4.78 is 6.73. The minimum atomic E-state index is -1.89. The Labute approximate surface area is 150 Å². The van der Waals surface area contributed by atoms with Gasteiger partial charge in [0, 0.05) is 34.7 Å². The third-order valence-corrected chi connectivity index (χ3v) is 4.44. The number of aryl methyl sites for hydroxylation is 1. The lowest BCUT2D eigenvalue weighted by atomic mass is 9.92. The minimum Gasteiger partial charge on any atom is -0.466 e. The highest BCUT2D eigenvalue weighted by Gasteiger charge is 2.39. The molecule has 0 aliphatic carbocycles. The van der Waals surface area contributed by atoms with Crippen LogP contribution in [0.3, 0.4) is 0 Å². The van der Waals surface area contributed by atoms with Gasteiger partial charge in [-0.05, 0) is 29.8 Å². The molecule has 25 heavy (non-hydrogen) atoms. The van der Waals surface area contributed by atoms with E-state index in [9.17, 15) is 9.90 Å². The molecule has 0 radical (unpaired) electrons. The van der Waals surface area contributed by atoms with E-state index in [1.807, 2.05) is 35.9 Å². The van der Waals surface area contributed by atoms with Crippen LogP contribution in [0.5, 0.6) is 0 Å². The maximum atomic E-state index is 12.4. The number of nitrogens with zero attached hydrogens (tertiary/aromatic N) is 1. The first-order chi connectivity index (χ1) is 12.0. The van der Waals surface area contributed by atoms with Gasteiger partial charge in [-0.1, -0.05) is 48.0 Å². The molecule has 5 heteroatoms. The molecule has 0 aliphatic rings. The topological polar surface area (TPSA) is 51.5 Å². The van der Waals surface area contributed by atoms with Crippen LogP contribution in [0.1, 0.15) is 11.1 Å². The van der Waals surface area contributed by atoms with Gasteiger partial charge in [0.05, 0.1) is 7.11 Å². The molecule has 128 valence electrons. The summed E-state index contributed by atoms with van der Waals surface area (Å²) in [6, 6.07) is 14.7. The molecular weight excluding hydrogens is 338 g/mol. The highest BCUT2D eigenvalue weighted by Crippen LogP contribution is 2.33. The second-order valence-electron chi connectivity index (χ2n) is 5.81. The van der Waals surface area contributed by atoms with E-state index in [2.05, 4.69) is 0 Å². The molecule has 0 bridgehead atoms. The van der Waals surface area contributed by atoms with Gasteiger partial charge in [0.15, 0.2) is 0 Å². The zero-order valence-corrected chi connectivity index (χ0v) is 14.7. The van der Waals surface area contributed by atoms with Gasteiger partial charge in [0.25, 0.3) is 0 Å². The van der Waals surface area contributed by atoms with E-state index in [0.29, 0.717) is 10.6 Å². The molecule has 0 saturated heterocycles. The van der Waals surface area contributed by atoms with Crippen molar-refractivity contribution in [2.45, 2.75) is 5.60 Å². The Kier molecular flexibility index (Phi) is 4.66. The van der Waals surface area contributed by atoms with Crippen LogP contribution < -0.4 is 0 Å². The molecule has 1 aromatic heterocycles. The molecule has 0 unspecified atom stereocenters. The number of methoxy groups -OCH3 is 1. The largest absolute Gasteiger partial charge is 0.466 e. The smallest absolute Gasteiger partial charge is 0.346 e. The molecule has 0 amide bonds. The van der Waals surface area contributed by atoms with Gasteiger partial charge in [0.2, 0.25) is 5.60 Å². The van der Waals surface area contributed by atoms with E-state index < -0.39 is 11.6 Å². The fraction of sp³-hybridized carbons (Fsp3) is 0.150. The van der Waals surface area contributed by atoms with Crippen molar-refractivity contribution in [2.75, 3.05) is 7.11 Å². The molecular formula is C20H18ClNO3. The normalized spacial score (nSPS) is 13.9. The summed E-state index contributed by atoms with van der Waals surface area (Å²) >= 11 is 5.89. The molecule has 1 N–H and O–H groups in total. The number of carbonyl (C=O) groups is 1. The number of ether oxygens (including phenoxy) is 1. The Hall–Kier alpha value is -2.56. The van der Waals surface area contributed by atoms with Gasteiger partial charge in [-0.3, -0.25) is 0 Å². The number of benzene rings is 2. The molecule has 0 saturated carbocycles. The number of halogens is 1. The quantitative estimate of drug-likeness (QED) is 0.722. The number of esters is 1. The number of fused-ring (bicyclic) bond motifs is 1. The first kappa shape index (κ1) is 17.3. The summed E-state index contributed by atoms with van der Waals surface area (Å²) in [5, 5.41) is 12.6. The summed E-state index contributed by atoms with van der Waals surface area (Å²) in [6.07, 6.45) is 4.87. The Balaban J connectivity index is 2.12. The molecule has 0 fully saturated rings. The van der Waals surface area contributed by atoms with Crippen LogP contribution in [0, 0.1) is 0 Å². The molecule has 1 heterocycles. The fourth-order valence-corrected chi connectivity index (χ4v) is 2.99. The molecule has 3 rings (SSSR count). The second-order valence-corrected chi connectivity index (χ2v) is 6.25. The van der Waals surface area contributed by atoms with Crippen molar-refractivity contribution in [3.63, 3.8) is 0 Å². The Morgan fingerprint density at radius 1 is 1.20 bits per heavy atom. The van der Waals surface area contributed by atoms with Crippen LogP contribution in [0.25, 0.3) is 17.0 Å². The van der Waals surface area contributed by atoms with E-state index in [0.717, 1.165) is 16.5 Å². The number of carbonyl (C=O) groups excluding carboxylic acids is 1. The molecule has 3 aromatic rings. The van der Waals surface area contributed by atoms with Crippen molar-refractivity contribution >= 4 is 34.5 Å². The standard InChI is InChI=1S/C20H18ClNO3/c1-22-13-17(16-5-3-4-6-18(16)22)20(24,19(23)25-2)12-11-14-7-9-15(21)10-8-14/h3-13,24H,1-2H3/b12-11+/t20-/m0/s1. The van der Waals surface area contributed by atoms with Crippen LogP contribution in [-0.2, 0) is 22.2 Å². The number of para-hydroxylation sites is 1. The summed E-state index contributed by atoms with van der Waals surface area (Å²) in [7, 11) is 3.13. The maximum Gasteiger partial charge on any atom is 0.346 e. The lowest BCUT2D eigenvalue weighted by molar-refractivity contribution is -0.158. The number of aromatic nitrogens is 1. The Morgan fingerprint density at radius 2 is 1.88 bits per heavy atom. The number of hydrogen-bond acceptors (Lipinski definition) is 3. The van der Waals surface area contributed by atoms with Gasteiger partial charge in [-0.15, -0.1) is 0 Å². The number of rotatable bonds is 4. The summed E-state index contributed by atoms with van der Waals surface area (Å²) in [6.45, 7) is 0. The van der Waals surface area contributed by atoms with Gasteiger partial charge in [0.1, 0.15) is 0 Å². The highest BCUT2D eigenvalue weighted by molar-refractivity contribution is 6.30. The molecule has 0 aliphatic heterocycles. The van der Waals surface area contributed by atoms with E-state index in [1.54, 1.807) is 36.5 Å². The fourth-order valence-electron chi connectivity index (χ4n) is 2.86. The van der Waals surface area contributed by atoms with E-state index >= 15 is 0 Å². The molecule has 0 spiro atoms. The van der Waals surface area contributed by atoms with Crippen LogP contribution in [0.15, 0.2) is 60.8 Å². The molecule has 1 atom stereocenters. The second kappa shape index (κ2) is 6.75. The van der Waals surface area contributed by atoms with Gasteiger partial charge in [-0.2, -0.15) is 0 Å². The average molecular weight is 356 g/mol.